The van der Waals surface area contributed by atoms with Gasteiger partial charge in [0.05, 0.1) is 12.2 Å². The van der Waals surface area contributed by atoms with E-state index in [1.54, 1.807) is 4.90 Å². The molecule has 7 nitrogen and oxygen atoms in total. The molecule has 7 heteroatoms. The number of carbonyl (C=O) groups excluding carboxylic acids is 3. The number of ether oxygens (including phenoxy) is 1. The first-order valence-corrected chi connectivity index (χ1v) is 13.3. The van der Waals surface area contributed by atoms with Crippen molar-refractivity contribution in [2.24, 2.45) is 16.8 Å². The SMILES string of the molecule is Cc1cccc2c1N(CC(=O)C1CCCCC1)C(=O)[C@@H](NC(=O)OCc1ccccc1)N=C2CC(C)C. The number of hydrogen-bond donors (Lipinski definition) is 1. The zero-order valence-electron chi connectivity index (χ0n) is 22.0. The highest BCUT2D eigenvalue weighted by Gasteiger charge is 2.36. The van der Waals surface area contributed by atoms with Crippen LogP contribution in [0.4, 0.5) is 10.5 Å². The number of benzodiazepines with no additional fused rings is 1. The quantitative estimate of drug-likeness (QED) is 0.509. The summed E-state index contributed by atoms with van der Waals surface area (Å²) in [7, 11) is 0. The van der Waals surface area contributed by atoms with Crippen molar-refractivity contribution in [2.45, 2.75) is 72.1 Å². The molecule has 1 heterocycles. The molecule has 1 aliphatic heterocycles. The normalized spacial score (nSPS) is 18.2. The highest BCUT2D eigenvalue weighted by Crippen LogP contribution is 2.32. The van der Waals surface area contributed by atoms with Crippen LogP contribution in [0.1, 0.15) is 69.1 Å². The van der Waals surface area contributed by atoms with Crippen LogP contribution < -0.4 is 10.2 Å². The monoisotopic (exact) mass is 503 g/mol. The summed E-state index contributed by atoms with van der Waals surface area (Å²) in [6, 6.07) is 15.2. The van der Waals surface area contributed by atoms with E-state index in [9.17, 15) is 14.4 Å². The number of alkyl carbamates (subject to hydrolysis) is 1. The number of rotatable bonds is 8. The van der Waals surface area contributed by atoms with E-state index in [1.165, 1.54) is 0 Å². The summed E-state index contributed by atoms with van der Waals surface area (Å²) in [6.07, 6.45) is 3.69. The molecular weight excluding hydrogens is 466 g/mol. The number of aryl methyl sites for hydroxylation is 1. The number of para-hydroxylation sites is 1. The Morgan fingerprint density at radius 3 is 2.49 bits per heavy atom. The van der Waals surface area contributed by atoms with Crippen LogP contribution >= 0.6 is 0 Å². The van der Waals surface area contributed by atoms with Gasteiger partial charge >= 0.3 is 6.09 Å². The molecule has 1 fully saturated rings. The Balaban J connectivity index is 1.63. The number of Topliss-reactive ketones (excluding diaryl/α,β-unsaturated/α-hetero) is 1. The maximum Gasteiger partial charge on any atom is 0.409 e. The summed E-state index contributed by atoms with van der Waals surface area (Å²) in [5, 5.41) is 2.67. The number of ketones is 1. The molecule has 4 rings (SSSR count). The predicted octanol–water partition coefficient (Wildman–Crippen LogP) is 5.58. The van der Waals surface area contributed by atoms with Crippen molar-refractivity contribution in [1.29, 1.82) is 0 Å². The van der Waals surface area contributed by atoms with Crippen LogP contribution in [0.25, 0.3) is 0 Å². The standard InChI is InChI=1S/C30H37N3O4/c1-20(2)17-25-24-16-10-11-21(3)27(24)33(18-26(34)23-14-8-5-9-15-23)29(35)28(31-25)32-30(36)37-19-22-12-6-4-7-13-22/h4,6-7,10-13,16,20,23,28H,5,8-9,14-15,17-19H2,1-3H3,(H,32,36)/t28-/m1/s1. The van der Waals surface area contributed by atoms with Crippen molar-refractivity contribution in [3.63, 3.8) is 0 Å². The van der Waals surface area contributed by atoms with E-state index in [4.69, 9.17) is 9.73 Å². The van der Waals surface area contributed by atoms with Gasteiger partial charge in [0, 0.05) is 17.2 Å². The van der Waals surface area contributed by atoms with Crippen molar-refractivity contribution in [2.75, 3.05) is 11.4 Å². The summed E-state index contributed by atoms with van der Waals surface area (Å²) in [5.41, 5.74) is 4.02. The van der Waals surface area contributed by atoms with Crippen LogP contribution in [0, 0.1) is 18.8 Å². The van der Waals surface area contributed by atoms with Crippen LogP contribution in [0.5, 0.6) is 0 Å². The maximum absolute atomic E-state index is 13.9. The number of nitrogens with zero attached hydrogens (tertiary/aromatic N) is 2. The van der Waals surface area contributed by atoms with Crippen LogP contribution in [-0.4, -0.2) is 36.2 Å². The molecule has 0 bridgehead atoms. The Morgan fingerprint density at radius 1 is 1.05 bits per heavy atom. The van der Waals surface area contributed by atoms with Gasteiger partial charge in [-0.15, -0.1) is 0 Å². The summed E-state index contributed by atoms with van der Waals surface area (Å²) in [5.74, 6) is -0.103. The fraction of sp³-hybridized carbons (Fsp3) is 0.467. The molecule has 1 aliphatic carbocycles. The van der Waals surface area contributed by atoms with Crippen molar-refractivity contribution in [1.82, 2.24) is 5.32 Å². The summed E-state index contributed by atoms with van der Waals surface area (Å²) in [4.78, 5) is 46.3. The molecule has 0 saturated heterocycles. The first-order chi connectivity index (χ1) is 17.8. The van der Waals surface area contributed by atoms with E-state index >= 15 is 0 Å². The smallest absolute Gasteiger partial charge is 0.409 e. The Kier molecular flexibility index (Phi) is 8.74. The van der Waals surface area contributed by atoms with Crippen LogP contribution in [0.15, 0.2) is 53.5 Å². The van der Waals surface area contributed by atoms with Crippen LogP contribution in [0.3, 0.4) is 0 Å². The maximum atomic E-state index is 13.9. The minimum atomic E-state index is -1.18. The average Bonchev–Trinajstić information content (AvgIpc) is 2.99. The highest BCUT2D eigenvalue weighted by molar-refractivity contribution is 6.15. The molecule has 0 radical (unpaired) electrons. The molecule has 1 atom stereocenters. The third-order valence-electron chi connectivity index (χ3n) is 7.05. The Bertz CT molecular complexity index is 1150. The van der Waals surface area contributed by atoms with E-state index in [2.05, 4.69) is 19.2 Å². The number of nitrogens with one attached hydrogen (secondary N) is 1. The van der Waals surface area contributed by atoms with Gasteiger partial charge in [0.25, 0.3) is 5.91 Å². The molecule has 0 unspecified atom stereocenters. The van der Waals surface area contributed by atoms with Gasteiger partial charge in [0.1, 0.15) is 6.61 Å². The van der Waals surface area contributed by atoms with Crippen molar-refractivity contribution >= 4 is 29.2 Å². The lowest BCUT2D eigenvalue weighted by atomic mass is 9.86. The molecule has 2 aromatic rings. The number of carbonyl (C=O) groups is 3. The van der Waals surface area contributed by atoms with Gasteiger partial charge in [0.15, 0.2) is 5.78 Å². The minimum absolute atomic E-state index is 0.0247. The van der Waals surface area contributed by atoms with Gasteiger partial charge in [-0.25, -0.2) is 4.79 Å². The molecule has 0 aromatic heterocycles. The largest absolute Gasteiger partial charge is 0.445 e. The molecule has 37 heavy (non-hydrogen) atoms. The zero-order chi connectivity index (χ0) is 26.4. The van der Waals surface area contributed by atoms with Gasteiger partial charge < -0.3 is 9.64 Å². The molecular formula is C30H37N3O4. The Labute approximate surface area is 219 Å². The predicted molar refractivity (Wildman–Crippen MR) is 145 cm³/mol. The van der Waals surface area contributed by atoms with Gasteiger partial charge in [-0.05, 0) is 43.2 Å². The fourth-order valence-electron chi connectivity index (χ4n) is 5.17. The first kappa shape index (κ1) is 26.6. The van der Waals surface area contributed by atoms with Crippen molar-refractivity contribution < 1.29 is 19.1 Å². The number of hydrogen-bond acceptors (Lipinski definition) is 5. The topological polar surface area (TPSA) is 88.1 Å². The van der Waals surface area contributed by atoms with Crippen molar-refractivity contribution in [3.8, 4) is 0 Å². The zero-order valence-corrected chi connectivity index (χ0v) is 22.0. The van der Waals surface area contributed by atoms with Crippen LogP contribution in [0.2, 0.25) is 0 Å². The molecule has 2 aromatic carbocycles. The number of fused-ring (bicyclic) bond motifs is 1. The number of anilines is 1. The van der Waals surface area contributed by atoms with Crippen molar-refractivity contribution in [3.05, 3.63) is 65.2 Å². The second kappa shape index (κ2) is 12.2. The third kappa shape index (κ3) is 6.64. The molecule has 1 saturated carbocycles. The molecule has 2 amide bonds. The van der Waals surface area contributed by atoms with Gasteiger partial charge in [-0.1, -0.05) is 81.6 Å². The molecule has 0 spiro atoms. The van der Waals surface area contributed by atoms with Crippen LogP contribution in [-0.2, 0) is 20.9 Å². The van der Waals surface area contributed by atoms with E-state index in [-0.39, 0.29) is 30.8 Å². The second-order valence-electron chi connectivity index (χ2n) is 10.5. The fourth-order valence-corrected chi connectivity index (χ4v) is 5.17. The first-order valence-electron chi connectivity index (χ1n) is 13.3. The number of aliphatic imine (C=N–C) groups is 1. The van der Waals surface area contributed by atoms with E-state index < -0.39 is 18.2 Å². The lowest BCUT2D eigenvalue weighted by Crippen LogP contribution is -2.49. The van der Waals surface area contributed by atoms with Gasteiger partial charge in [-0.2, -0.15) is 0 Å². The van der Waals surface area contributed by atoms with Gasteiger partial charge in [-0.3, -0.25) is 19.9 Å². The van der Waals surface area contributed by atoms with E-state index in [0.29, 0.717) is 12.1 Å². The number of benzene rings is 2. The summed E-state index contributed by atoms with van der Waals surface area (Å²) < 4.78 is 5.39. The van der Waals surface area contributed by atoms with Gasteiger partial charge in [0.2, 0.25) is 6.17 Å². The average molecular weight is 504 g/mol. The lowest BCUT2D eigenvalue weighted by Gasteiger charge is -2.29. The third-order valence-corrected chi connectivity index (χ3v) is 7.05. The Hall–Kier alpha value is -3.48. The summed E-state index contributed by atoms with van der Waals surface area (Å²) in [6.45, 7) is 6.18. The minimum Gasteiger partial charge on any atom is -0.445 e. The summed E-state index contributed by atoms with van der Waals surface area (Å²) >= 11 is 0. The second-order valence-corrected chi connectivity index (χ2v) is 10.5. The highest BCUT2D eigenvalue weighted by atomic mass is 16.5. The van der Waals surface area contributed by atoms with E-state index in [0.717, 1.165) is 54.5 Å². The Morgan fingerprint density at radius 2 is 1.78 bits per heavy atom. The molecule has 1 N–H and O–H groups in total. The molecule has 2 aliphatic rings. The molecule has 196 valence electrons. The van der Waals surface area contributed by atoms with E-state index in [1.807, 2.05) is 55.5 Å². The lowest BCUT2D eigenvalue weighted by molar-refractivity contribution is -0.126. The number of amides is 2.